The van der Waals surface area contributed by atoms with E-state index in [1.165, 1.54) is 24.8 Å². The largest absolute Gasteiger partial charge is 0.442 e. The molecule has 2 aliphatic rings. The van der Waals surface area contributed by atoms with Crippen LogP contribution in [0.3, 0.4) is 0 Å². The van der Waals surface area contributed by atoms with Gasteiger partial charge in [-0.3, -0.25) is 14.5 Å². The number of carbonyl (C=O) groups excluding carboxylic acids is 4. The standard InChI is InChI=1S/C21H26FN3O5/c1-12-10-25(20(12)19(28)7-4-13(2)26)18-6-5-15(8-17(18)22)24-11-16(30-21(24)29)9-23-14(3)27/h5-6,8,12,16,20H,4,7,9-11H2,1-3H3,(H,23,27)/t12-,16-,20-/m0/s1. The Hall–Kier alpha value is -2.97. The van der Waals surface area contributed by atoms with Crippen LogP contribution in [0.4, 0.5) is 20.6 Å². The summed E-state index contributed by atoms with van der Waals surface area (Å²) >= 11 is 0. The third-order valence-electron chi connectivity index (χ3n) is 5.42. The fraction of sp³-hybridized carbons (Fsp3) is 0.524. The number of Topliss-reactive ketones (excluding diaryl/α,β-unsaturated/α-hetero) is 2. The third-order valence-corrected chi connectivity index (χ3v) is 5.42. The smallest absolute Gasteiger partial charge is 0.414 e. The second kappa shape index (κ2) is 8.81. The van der Waals surface area contributed by atoms with Crippen LogP contribution in [-0.2, 0) is 19.1 Å². The van der Waals surface area contributed by atoms with Gasteiger partial charge in [0.1, 0.15) is 17.7 Å². The van der Waals surface area contributed by atoms with Crippen LogP contribution >= 0.6 is 0 Å². The molecule has 9 heteroatoms. The Balaban J connectivity index is 1.69. The molecule has 162 valence electrons. The van der Waals surface area contributed by atoms with Crippen molar-refractivity contribution in [3.8, 4) is 0 Å². The predicted molar refractivity (Wildman–Crippen MR) is 108 cm³/mol. The van der Waals surface area contributed by atoms with E-state index < -0.39 is 24.1 Å². The summed E-state index contributed by atoms with van der Waals surface area (Å²) in [6.45, 7) is 5.67. The summed E-state index contributed by atoms with van der Waals surface area (Å²) < 4.78 is 20.1. The quantitative estimate of drug-likeness (QED) is 0.693. The highest BCUT2D eigenvalue weighted by Crippen LogP contribution is 2.36. The summed E-state index contributed by atoms with van der Waals surface area (Å²) in [6.07, 6.45) is -0.778. The average Bonchev–Trinajstić information content (AvgIpc) is 3.03. The maximum absolute atomic E-state index is 14.9. The van der Waals surface area contributed by atoms with Crippen molar-refractivity contribution in [2.45, 2.75) is 45.8 Å². The molecule has 3 atom stereocenters. The lowest BCUT2D eigenvalue weighted by molar-refractivity contribution is -0.125. The Morgan fingerprint density at radius 2 is 1.93 bits per heavy atom. The van der Waals surface area contributed by atoms with E-state index in [-0.39, 0.29) is 49.3 Å². The number of hydrogen-bond acceptors (Lipinski definition) is 6. The number of ketones is 2. The molecule has 0 aromatic heterocycles. The van der Waals surface area contributed by atoms with E-state index in [9.17, 15) is 23.6 Å². The van der Waals surface area contributed by atoms with Gasteiger partial charge >= 0.3 is 6.09 Å². The molecule has 0 saturated carbocycles. The number of carbonyl (C=O) groups is 4. The summed E-state index contributed by atoms with van der Waals surface area (Å²) in [5, 5.41) is 2.59. The first-order valence-corrected chi connectivity index (χ1v) is 9.98. The van der Waals surface area contributed by atoms with Crippen molar-refractivity contribution >= 4 is 34.9 Å². The van der Waals surface area contributed by atoms with E-state index in [1.54, 1.807) is 17.0 Å². The Morgan fingerprint density at radius 3 is 2.53 bits per heavy atom. The fourth-order valence-corrected chi connectivity index (χ4v) is 3.87. The molecule has 2 fully saturated rings. The fourth-order valence-electron chi connectivity index (χ4n) is 3.87. The van der Waals surface area contributed by atoms with Gasteiger partial charge in [0.25, 0.3) is 0 Å². The van der Waals surface area contributed by atoms with Gasteiger partial charge in [0.15, 0.2) is 5.78 Å². The van der Waals surface area contributed by atoms with E-state index in [0.29, 0.717) is 17.9 Å². The molecule has 1 aromatic rings. The first kappa shape index (κ1) is 21.7. The number of amides is 2. The molecule has 8 nitrogen and oxygen atoms in total. The highest BCUT2D eigenvalue weighted by molar-refractivity contribution is 5.93. The summed E-state index contributed by atoms with van der Waals surface area (Å²) in [5.41, 5.74) is 0.639. The average molecular weight is 419 g/mol. The first-order valence-electron chi connectivity index (χ1n) is 9.98. The molecular weight excluding hydrogens is 393 g/mol. The van der Waals surface area contributed by atoms with E-state index in [0.717, 1.165) is 0 Å². The molecule has 0 radical (unpaired) electrons. The number of nitrogens with zero attached hydrogens (tertiary/aromatic N) is 2. The van der Waals surface area contributed by atoms with Crippen molar-refractivity contribution in [3.63, 3.8) is 0 Å². The minimum absolute atomic E-state index is 0.0493. The number of cyclic esters (lactones) is 1. The number of hydrogen-bond donors (Lipinski definition) is 1. The van der Waals surface area contributed by atoms with Gasteiger partial charge < -0.3 is 19.7 Å². The number of halogens is 1. The molecular formula is C21H26FN3O5. The molecule has 2 amide bonds. The van der Waals surface area contributed by atoms with E-state index in [2.05, 4.69) is 5.32 Å². The third kappa shape index (κ3) is 4.60. The number of anilines is 2. The van der Waals surface area contributed by atoms with Gasteiger partial charge in [-0.2, -0.15) is 0 Å². The van der Waals surface area contributed by atoms with Crippen LogP contribution in [-0.4, -0.2) is 55.3 Å². The van der Waals surface area contributed by atoms with Crippen LogP contribution in [0.5, 0.6) is 0 Å². The van der Waals surface area contributed by atoms with E-state index in [1.807, 2.05) is 6.92 Å². The summed E-state index contributed by atoms with van der Waals surface area (Å²) in [4.78, 5) is 49.8. The highest BCUT2D eigenvalue weighted by Gasteiger charge is 2.42. The highest BCUT2D eigenvalue weighted by atomic mass is 19.1. The van der Waals surface area contributed by atoms with Gasteiger partial charge in [-0.15, -0.1) is 0 Å². The zero-order chi connectivity index (χ0) is 22.0. The monoisotopic (exact) mass is 419 g/mol. The Bertz CT molecular complexity index is 874. The molecule has 2 saturated heterocycles. The van der Waals surface area contributed by atoms with Crippen molar-refractivity contribution in [2.75, 3.05) is 29.4 Å². The molecule has 0 spiro atoms. The molecule has 30 heavy (non-hydrogen) atoms. The van der Waals surface area contributed by atoms with Crippen molar-refractivity contribution < 1.29 is 28.3 Å². The maximum atomic E-state index is 14.9. The van der Waals surface area contributed by atoms with Crippen LogP contribution in [0.2, 0.25) is 0 Å². The van der Waals surface area contributed by atoms with Crippen LogP contribution in [0.1, 0.15) is 33.6 Å². The van der Waals surface area contributed by atoms with E-state index in [4.69, 9.17) is 4.74 Å². The van der Waals surface area contributed by atoms with Crippen molar-refractivity contribution in [3.05, 3.63) is 24.0 Å². The molecule has 2 aliphatic heterocycles. The summed E-state index contributed by atoms with van der Waals surface area (Å²) in [7, 11) is 0. The molecule has 0 unspecified atom stereocenters. The lowest BCUT2D eigenvalue weighted by Crippen LogP contribution is -2.59. The maximum Gasteiger partial charge on any atom is 0.414 e. The second-order valence-corrected chi connectivity index (χ2v) is 7.93. The zero-order valence-electron chi connectivity index (χ0n) is 17.3. The lowest BCUT2D eigenvalue weighted by Gasteiger charge is -2.47. The molecule has 1 aromatic carbocycles. The lowest BCUT2D eigenvalue weighted by atomic mass is 9.84. The molecule has 0 aliphatic carbocycles. The van der Waals surface area contributed by atoms with Gasteiger partial charge in [-0.1, -0.05) is 6.92 Å². The normalized spacial score (nSPS) is 23.1. The Labute approximate surface area is 174 Å². The number of nitrogens with one attached hydrogen (secondary N) is 1. The zero-order valence-corrected chi connectivity index (χ0v) is 17.3. The summed E-state index contributed by atoms with van der Waals surface area (Å²) in [5.74, 6) is -0.812. The predicted octanol–water partition coefficient (Wildman–Crippen LogP) is 2.05. The van der Waals surface area contributed by atoms with Gasteiger partial charge in [-0.25, -0.2) is 9.18 Å². The Kier molecular flexibility index (Phi) is 6.38. The topological polar surface area (TPSA) is 96.0 Å². The van der Waals surface area contributed by atoms with Crippen LogP contribution in [0.15, 0.2) is 18.2 Å². The van der Waals surface area contributed by atoms with Gasteiger partial charge in [-0.05, 0) is 25.1 Å². The SMILES string of the molecule is CC(=O)CCC(=O)[C@@H]1[C@@H](C)CN1c1ccc(N2C[C@H](CNC(C)=O)OC2=O)cc1F. The van der Waals surface area contributed by atoms with E-state index >= 15 is 0 Å². The van der Waals surface area contributed by atoms with Crippen LogP contribution in [0, 0.1) is 11.7 Å². The minimum Gasteiger partial charge on any atom is -0.442 e. The number of rotatable bonds is 8. The summed E-state index contributed by atoms with van der Waals surface area (Å²) in [6, 6.07) is 3.96. The van der Waals surface area contributed by atoms with Crippen LogP contribution in [0.25, 0.3) is 0 Å². The first-order chi connectivity index (χ1) is 14.2. The van der Waals surface area contributed by atoms with Gasteiger partial charge in [0.05, 0.1) is 30.5 Å². The van der Waals surface area contributed by atoms with Crippen molar-refractivity contribution in [2.24, 2.45) is 5.92 Å². The van der Waals surface area contributed by atoms with Crippen LogP contribution < -0.4 is 15.1 Å². The minimum atomic E-state index is -0.604. The Morgan fingerprint density at radius 1 is 1.20 bits per heavy atom. The molecule has 2 heterocycles. The number of ether oxygens (including phenoxy) is 1. The molecule has 0 bridgehead atoms. The van der Waals surface area contributed by atoms with Crippen molar-refractivity contribution in [1.29, 1.82) is 0 Å². The van der Waals surface area contributed by atoms with Crippen molar-refractivity contribution in [1.82, 2.24) is 5.32 Å². The number of benzene rings is 1. The molecule has 3 rings (SSSR count). The molecule has 1 N–H and O–H groups in total. The second-order valence-electron chi connectivity index (χ2n) is 7.93. The van der Waals surface area contributed by atoms with Gasteiger partial charge in [0.2, 0.25) is 5.91 Å². The van der Waals surface area contributed by atoms with Gasteiger partial charge in [0, 0.05) is 32.2 Å².